The van der Waals surface area contributed by atoms with Crippen molar-refractivity contribution < 1.29 is 14.3 Å². The molecule has 0 aliphatic carbocycles. The van der Waals surface area contributed by atoms with Crippen LogP contribution >= 0.6 is 11.8 Å². The number of para-hydroxylation sites is 1. The largest absolute Gasteiger partial charge is 0.496 e. The maximum atomic E-state index is 12.2. The number of aromatic nitrogens is 3. The maximum absolute atomic E-state index is 12.2. The Balaban J connectivity index is 1.51. The van der Waals surface area contributed by atoms with Crippen molar-refractivity contribution in [2.24, 2.45) is 5.10 Å². The molecule has 0 fully saturated rings. The van der Waals surface area contributed by atoms with Crippen molar-refractivity contribution in [3.8, 4) is 11.5 Å². The van der Waals surface area contributed by atoms with Gasteiger partial charge >= 0.3 is 0 Å². The highest BCUT2D eigenvalue weighted by molar-refractivity contribution is 7.99. The molecule has 1 heterocycles. The standard InChI is InChI=1S/C20H23N7O3S/c1-3-30-16-10-8-15(9-11-16)23-18(28)13-31-20-26-25-19(27(20)21)24-22-12-14-6-4-5-7-17(14)29-2/h4-12H,3,13,21H2,1-2H3,(H,23,28)(H,24,25)/b22-12+. The Morgan fingerprint density at radius 3 is 2.74 bits per heavy atom. The predicted molar refractivity (Wildman–Crippen MR) is 121 cm³/mol. The lowest BCUT2D eigenvalue weighted by atomic mass is 10.2. The van der Waals surface area contributed by atoms with E-state index in [0.29, 0.717) is 23.2 Å². The number of nitrogens with two attached hydrogens (primary N) is 1. The first kappa shape index (κ1) is 22.0. The van der Waals surface area contributed by atoms with E-state index in [2.05, 4.69) is 26.0 Å². The topological polar surface area (TPSA) is 129 Å². The van der Waals surface area contributed by atoms with E-state index >= 15 is 0 Å². The number of carbonyl (C=O) groups excluding carboxylic acids is 1. The van der Waals surface area contributed by atoms with Gasteiger partial charge in [-0.25, -0.2) is 10.1 Å². The van der Waals surface area contributed by atoms with E-state index in [4.69, 9.17) is 15.3 Å². The minimum atomic E-state index is -0.194. The van der Waals surface area contributed by atoms with Gasteiger partial charge in [-0.2, -0.15) is 5.10 Å². The normalized spacial score (nSPS) is 10.8. The third kappa shape index (κ3) is 6.12. The second kappa shape index (κ2) is 10.9. The molecule has 0 atom stereocenters. The number of thioether (sulfide) groups is 1. The third-order valence-corrected chi connectivity index (χ3v) is 4.90. The molecule has 0 bridgehead atoms. The number of anilines is 2. The van der Waals surface area contributed by atoms with Gasteiger partial charge in [-0.15, -0.1) is 10.2 Å². The molecule has 0 unspecified atom stereocenters. The summed E-state index contributed by atoms with van der Waals surface area (Å²) < 4.78 is 11.9. The van der Waals surface area contributed by atoms with E-state index in [1.54, 1.807) is 37.6 Å². The molecule has 0 saturated carbocycles. The Labute approximate surface area is 183 Å². The molecule has 2 aromatic carbocycles. The smallest absolute Gasteiger partial charge is 0.264 e. The number of nitrogens with zero attached hydrogens (tertiary/aromatic N) is 4. The second-order valence-electron chi connectivity index (χ2n) is 6.08. The minimum Gasteiger partial charge on any atom is -0.496 e. The summed E-state index contributed by atoms with van der Waals surface area (Å²) in [7, 11) is 1.59. The Morgan fingerprint density at radius 1 is 1.23 bits per heavy atom. The van der Waals surface area contributed by atoms with E-state index in [1.165, 1.54) is 4.68 Å². The summed E-state index contributed by atoms with van der Waals surface area (Å²) in [5, 5.41) is 15.2. The fraction of sp³-hybridized carbons (Fsp3) is 0.200. The molecule has 3 rings (SSSR count). The number of ether oxygens (including phenoxy) is 2. The molecule has 0 spiro atoms. The third-order valence-electron chi connectivity index (χ3n) is 3.95. The maximum Gasteiger partial charge on any atom is 0.264 e. The van der Waals surface area contributed by atoms with Crippen molar-refractivity contribution in [1.82, 2.24) is 14.9 Å². The molecule has 0 aliphatic heterocycles. The Bertz CT molecular complexity index is 1040. The molecule has 3 aromatic rings. The Morgan fingerprint density at radius 2 is 2.00 bits per heavy atom. The van der Waals surface area contributed by atoms with Crippen LogP contribution in [0.2, 0.25) is 0 Å². The second-order valence-corrected chi connectivity index (χ2v) is 7.02. The van der Waals surface area contributed by atoms with Crippen molar-refractivity contribution >= 4 is 35.5 Å². The van der Waals surface area contributed by atoms with Gasteiger partial charge in [0.2, 0.25) is 11.1 Å². The van der Waals surface area contributed by atoms with Gasteiger partial charge in [-0.1, -0.05) is 23.9 Å². The van der Waals surface area contributed by atoms with Crippen LogP contribution in [0, 0.1) is 0 Å². The van der Waals surface area contributed by atoms with Gasteiger partial charge in [0, 0.05) is 11.3 Å². The molecule has 1 amide bonds. The van der Waals surface area contributed by atoms with E-state index < -0.39 is 0 Å². The highest BCUT2D eigenvalue weighted by atomic mass is 32.2. The number of carbonyl (C=O) groups is 1. The Kier molecular flexibility index (Phi) is 7.71. The average Bonchev–Trinajstić information content (AvgIpc) is 3.13. The molecule has 162 valence electrons. The zero-order chi connectivity index (χ0) is 22.1. The molecule has 0 radical (unpaired) electrons. The average molecular weight is 442 g/mol. The molecule has 11 heteroatoms. The lowest BCUT2D eigenvalue weighted by Crippen LogP contribution is -2.16. The van der Waals surface area contributed by atoms with E-state index in [9.17, 15) is 4.79 Å². The number of hydrogen-bond donors (Lipinski definition) is 3. The fourth-order valence-corrected chi connectivity index (χ4v) is 3.17. The van der Waals surface area contributed by atoms with Crippen LogP contribution in [0.4, 0.5) is 11.6 Å². The highest BCUT2D eigenvalue weighted by Gasteiger charge is 2.12. The number of hydrogen-bond acceptors (Lipinski definition) is 9. The van der Waals surface area contributed by atoms with Crippen LogP contribution in [-0.2, 0) is 4.79 Å². The summed E-state index contributed by atoms with van der Waals surface area (Å²) >= 11 is 1.16. The number of hydrazone groups is 1. The van der Waals surface area contributed by atoms with Gasteiger partial charge in [0.1, 0.15) is 11.5 Å². The van der Waals surface area contributed by atoms with Crippen LogP contribution in [0.5, 0.6) is 11.5 Å². The van der Waals surface area contributed by atoms with Crippen LogP contribution in [0.1, 0.15) is 12.5 Å². The number of nitrogens with one attached hydrogen (secondary N) is 2. The van der Waals surface area contributed by atoms with Crippen LogP contribution in [0.15, 0.2) is 58.8 Å². The van der Waals surface area contributed by atoms with Gasteiger partial charge in [0.15, 0.2) is 0 Å². The number of amides is 1. The van der Waals surface area contributed by atoms with Gasteiger partial charge < -0.3 is 20.6 Å². The first-order valence-corrected chi connectivity index (χ1v) is 10.4. The summed E-state index contributed by atoms with van der Waals surface area (Å²) in [5.41, 5.74) is 4.20. The predicted octanol–water partition coefficient (Wildman–Crippen LogP) is 2.58. The summed E-state index contributed by atoms with van der Waals surface area (Å²) in [6, 6.07) is 14.6. The fourth-order valence-electron chi connectivity index (χ4n) is 2.51. The summed E-state index contributed by atoms with van der Waals surface area (Å²) in [6.45, 7) is 2.50. The number of nitrogen functional groups attached to an aromatic ring is 1. The monoisotopic (exact) mass is 441 g/mol. The first-order valence-electron chi connectivity index (χ1n) is 9.38. The highest BCUT2D eigenvalue weighted by Crippen LogP contribution is 2.19. The molecule has 0 aliphatic rings. The van der Waals surface area contributed by atoms with E-state index in [0.717, 1.165) is 23.1 Å². The SMILES string of the molecule is CCOc1ccc(NC(=O)CSc2nnc(N/N=C/c3ccccc3OC)n2N)cc1. The molecule has 0 saturated heterocycles. The molecule has 31 heavy (non-hydrogen) atoms. The van der Waals surface area contributed by atoms with Crippen LogP contribution in [0.3, 0.4) is 0 Å². The number of benzene rings is 2. The minimum absolute atomic E-state index is 0.118. The van der Waals surface area contributed by atoms with Crippen LogP contribution in [0.25, 0.3) is 0 Å². The zero-order valence-electron chi connectivity index (χ0n) is 17.1. The summed E-state index contributed by atoms with van der Waals surface area (Å²) in [5.74, 6) is 7.59. The van der Waals surface area contributed by atoms with Gasteiger partial charge in [-0.05, 0) is 43.3 Å². The molecule has 1 aromatic heterocycles. The zero-order valence-corrected chi connectivity index (χ0v) is 17.9. The van der Waals surface area contributed by atoms with Gasteiger partial charge in [0.25, 0.3) is 5.95 Å². The van der Waals surface area contributed by atoms with Crippen molar-refractivity contribution in [2.45, 2.75) is 12.1 Å². The molecular formula is C20H23N7O3S. The Hall–Kier alpha value is -3.73. The van der Waals surface area contributed by atoms with Crippen molar-refractivity contribution in [1.29, 1.82) is 0 Å². The van der Waals surface area contributed by atoms with Crippen molar-refractivity contribution in [3.05, 3.63) is 54.1 Å². The quantitative estimate of drug-likeness (QED) is 0.189. The van der Waals surface area contributed by atoms with Crippen LogP contribution < -0.4 is 26.1 Å². The van der Waals surface area contributed by atoms with E-state index in [1.807, 2.05) is 31.2 Å². The summed E-state index contributed by atoms with van der Waals surface area (Å²) in [6.07, 6.45) is 1.59. The lowest BCUT2D eigenvalue weighted by molar-refractivity contribution is -0.113. The number of rotatable bonds is 10. The summed E-state index contributed by atoms with van der Waals surface area (Å²) in [4.78, 5) is 12.2. The van der Waals surface area contributed by atoms with Crippen LogP contribution in [-0.4, -0.2) is 46.5 Å². The van der Waals surface area contributed by atoms with Gasteiger partial charge in [0.05, 0.1) is 25.7 Å². The lowest BCUT2D eigenvalue weighted by Gasteiger charge is -2.07. The molecular weight excluding hydrogens is 418 g/mol. The van der Waals surface area contributed by atoms with Gasteiger partial charge in [-0.3, -0.25) is 4.79 Å². The number of methoxy groups -OCH3 is 1. The van der Waals surface area contributed by atoms with Crippen molar-refractivity contribution in [2.75, 3.05) is 36.1 Å². The molecule has 10 nitrogen and oxygen atoms in total. The molecule has 4 N–H and O–H groups in total. The van der Waals surface area contributed by atoms with Crippen molar-refractivity contribution in [3.63, 3.8) is 0 Å². The first-order chi connectivity index (χ1) is 15.1. The van der Waals surface area contributed by atoms with E-state index in [-0.39, 0.29) is 17.6 Å².